The average Bonchev–Trinajstić information content (AvgIpc) is 2.79. The quantitative estimate of drug-likeness (QED) is 0.340. The minimum Gasteiger partial charge on any atom is -0.454 e. The summed E-state index contributed by atoms with van der Waals surface area (Å²) in [6.07, 6.45) is 1.82. The van der Waals surface area contributed by atoms with Crippen LogP contribution in [-0.2, 0) is 18.3 Å². The second-order valence-electron chi connectivity index (χ2n) is 6.68. The lowest BCUT2D eigenvalue weighted by molar-refractivity contribution is 0.0470. The van der Waals surface area contributed by atoms with E-state index in [2.05, 4.69) is 0 Å². The van der Waals surface area contributed by atoms with Gasteiger partial charge in [0.25, 0.3) is 5.56 Å². The minimum absolute atomic E-state index is 0.0841. The van der Waals surface area contributed by atoms with Gasteiger partial charge in [0.1, 0.15) is 11.4 Å². The number of carbonyl (C=O) groups is 2. The maximum Gasteiger partial charge on any atom is 0.339 e. The van der Waals surface area contributed by atoms with Gasteiger partial charge in [-0.25, -0.2) is 9.59 Å². The van der Waals surface area contributed by atoms with E-state index in [9.17, 15) is 19.2 Å². The van der Waals surface area contributed by atoms with Gasteiger partial charge in [0.15, 0.2) is 6.61 Å². The normalized spacial score (nSPS) is 10.6. The summed E-state index contributed by atoms with van der Waals surface area (Å²) in [4.78, 5) is 51.0. The Kier molecular flexibility index (Phi) is 6.76. The van der Waals surface area contributed by atoms with Crippen molar-refractivity contribution in [2.75, 3.05) is 18.6 Å². The molecule has 0 aliphatic heterocycles. The zero-order valence-corrected chi connectivity index (χ0v) is 17.8. The van der Waals surface area contributed by atoms with Crippen molar-refractivity contribution in [2.45, 2.75) is 11.4 Å². The highest BCUT2D eigenvalue weighted by atomic mass is 32.2. The summed E-state index contributed by atoms with van der Waals surface area (Å²) in [5.74, 6) is -1.73. The van der Waals surface area contributed by atoms with E-state index in [4.69, 9.17) is 10.5 Å². The zero-order valence-electron chi connectivity index (χ0n) is 17.0. The van der Waals surface area contributed by atoms with Gasteiger partial charge in [-0.1, -0.05) is 42.5 Å². The molecule has 1 heterocycles. The number of anilines is 1. The van der Waals surface area contributed by atoms with Crippen LogP contribution in [0.2, 0.25) is 0 Å². The van der Waals surface area contributed by atoms with Gasteiger partial charge in [-0.2, -0.15) is 0 Å². The van der Waals surface area contributed by atoms with E-state index in [0.717, 1.165) is 14.7 Å². The molecule has 0 aliphatic carbocycles. The summed E-state index contributed by atoms with van der Waals surface area (Å²) in [6.45, 7) is -0.592. The molecule has 8 nitrogen and oxygen atoms in total. The number of nitrogens with zero attached hydrogens (tertiary/aromatic N) is 2. The van der Waals surface area contributed by atoms with Gasteiger partial charge >= 0.3 is 11.7 Å². The van der Waals surface area contributed by atoms with Gasteiger partial charge < -0.3 is 10.5 Å². The van der Waals surface area contributed by atoms with Crippen molar-refractivity contribution < 1.29 is 14.3 Å². The number of nitrogens with two attached hydrogens (primary N) is 1. The van der Waals surface area contributed by atoms with Crippen molar-refractivity contribution in [3.05, 3.63) is 92.1 Å². The first kappa shape index (κ1) is 22.1. The molecular weight excluding hydrogens is 418 g/mol. The molecular formula is C22H21N3O5S. The Morgan fingerprint density at radius 1 is 1.03 bits per heavy atom. The molecule has 0 radical (unpaired) electrons. The molecule has 160 valence electrons. The van der Waals surface area contributed by atoms with E-state index >= 15 is 0 Å². The van der Waals surface area contributed by atoms with Crippen LogP contribution >= 0.6 is 11.8 Å². The molecule has 2 aromatic carbocycles. The summed E-state index contributed by atoms with van der Waals surface area (Å²) in [5.41, 5.74) is 5.27. The molecule has 0 saturated heterocycles. The third-order valence-corrected chi connectivity index (χ3v) is 5.50. The Hall–Kier alpha value is -3.59. The van der Waals surface area contributed by atoms with Crippen LogP contribution in [-0.4, -0.2) is 33.7 Å². The fourth-order valence-electron chi connectivity index (χ4n) is 3.06. The Balaban J connectivity index is 1.89. The molecule has 0 unspecified atom stereocenters. The molecule has 0 fully saturated rings. The molecule has 0 saturated carbocycles. The van der Waals surface area contributed by atoms with Gasteiger partial charge in [0.05, 0.1) is 12.1 Å². The van der Waals surface area contributed by atoms with Gasteiger partial charge in [-0.05, 0) is 24.0 Å². The number of ketones is 1. The second-order valence-corrected chi connectivity index (χ2v) is 7.53. The van der Waals surface area contributed by atoms with Crippen LogP contribution in [0.25, 0.3) is 0 Å². The maximum atomic E-state index is 12.8. The van der Waals surface area contributed by atoms with Crippen LogP contribution in [0.4, 0.5) is 5.82 Å². The van der Waals surface area contributed by atoms with Crippen LogP contribution in [0.1, 0.15) is 26.3 Å². The number of ether oxygens (including phenoxy) is 1. The monoisotopic (exact) mass is 439 g/mol. The Labute approximate surface area is 182 Å². The van der Waals surface area contributed by atoms with E-state index in [1.54, 1.807) is 48.5 Å². The van der Waals surface area contributed by atoms with Crippen molar-refractivity contribution >= 4 is 29.3 Å². The number of nitrogen functional groups attached to an aromatic ring is 1. The van der Waals surface area contributed by atoms with Gasteiger partial charge in [-0.3, -0.25) is 18.7 Å². The zero-order chi connectivity index (χ0) is 22.5. The van der Waals surface area contributed by atoms with Crippen molar-refractivity contribution in [3.63, 3.8) is 0 Å². The summed E-state index contributed by atoms with van der Waals surface area (Å²) in [7, 11) is 1.27. The predicted molar refractivity (Wildman–Crippen MR) is 119 cm³/mol. The van der Waals surface area contributed by atoms with Crippen LogP contribution in [0.5, 0.6) is 0 Å². The first-order valence-electron chi connectivity index (χ1n) is 9.31. The maximum absolute atomic E-state index is 12.8. The fraction of sp³-hybridized carbons (Fsp3) is 0.182. The smallest absolute Gasteiger partial charge is 0.339 e. The van der Waals surface area contributed by atoms with Crippen molar-refractivity contribution in [1.82, 2.24) is 9.13 Å². The summed E-state index contributed by atoms with van der Waals surface area (Å²) < 4.78 is 7.10. The summed E-state index contributed by atoms with van der Waals surface area (Å²) >= 11 is 1.37. The molecule has 1 aromatic heterocycles. The van der Waals surface area contributed by atoms with Gasteiger partial charge in [-0.15, -0.1) is 11.8 Å². The number of Topliss-reactive ketones (excluding diaryl/α,β-unsaturated/α-hetero) is 1. The third kappa shape index (κ3) is 4.61. The Morgan fingerprint density at radius 2 is 1.68 bits per heavy atom. The van der Waals surface area contributed by atoms with Crippen LogP contribution in [0.15, 0.2) is 69.1 Å². The first-order valence-corrected chi connectivity index (χ1v) is 10.5. The molecule has 31 heavy (non-hydrogen) atoms. The SMILES string of the molecule is CSc1ccccc1C(=O)OCC(=O)c1c(N)n(Cc2ccccc2)c(=O)n(C)c1=O. The third-order valence-electron chi connectivity index (χ3n) is 4.71. The molecule has 9 heteroatoms. The van der Waals surface area contributed by atoms with Crippen molar-refractivity contribution in [1.29, 1.82) is 0 Å². The predicted octanol–water partition coefficient (Wildman–Crippen LogP) is 1.94. The molecule has 0 aliphatic rings. The van der Waals surface area contributed by atoms with E-state index in [-0.39, 0.29) is 17.9 Å². The summed E-state index contributed by atoms with van der Waals surface area (Å²) in [6, 6.07) is 15.8. The van der Waals surface area contributed by atoms with E-state index in [0.29, 0.717) is 10.5 Å². The number of hydrogen-bond donors (Lipinski definition) is 1. The highest BCUT2D eigenvalue weighted by molar-refractivity contribution is 7.98. The molecule has 0 spiro atoms. The fourth-order valence-corrected chi connectivity index (χ4v) is 3.64. The van der Waals surface area contributed by atoms with Gasteiger partial charge in [0, 0.05) is 11.9 Å². The van der Waals surface area contributed by atoms with Crippen LogP contribution < -0.4 is 17.0 Å². The first-order chi connectivity index (χ1) is 14.8. The molecule has 0 atom stereocenters. The highest BCUT2D eigenvalue weighted by Crippen LogP contribution is 2.20. The number of esters is 1. The molecule has 3 rings (SSSR count). The number of benzene rings is 2. The number of hydrogen-bond acceptors (Lipinski definition) is 7. The molecule has 0 bridgehead atoms. The molecule has 2 N–H and O–H groups in total. The number of carbonyl (C=O) groups excluding carboxylic acids is 2. The van der Waals surface area contributed by atoms with Crippen LogP contribution in [0.3, 0.4) is 0 Å². The van der Waals surface area contributed by atoms with Gasteiger partial charge in [0.2, 0.25) is 5.78 Å². The topological polar surface area (TPSA) is 113 Å². The lowest BCUT2D eigenvalue weighted by Crippen LogP contribution is -2.43. The molecule has 0 amide bonds. The standard InChI is InChI=1S/C22H21N3O5S/c1-24-20(27)18(19(23)25(22(24)29)12-14-8-4-3-5-9-14)16(26)13-30-21(28)15-10-6-7-11-17(15)31-2/h3-11H,12-13,23H2,1-2H3. The van der Waals surface area contributed by atoms with Crippen LogP contribution in [0, 0.1) is 0 Å². The van der Waals surface area contributed by atoms with E-state index in [1.807, 2.05) is 12.3 Å². The van der Waals surface area contributed by atoms with Crippen molar-refractivity contribution in [3.8, 4) is 0 Å². The highest BCUT2D eigenvalue weighted by Gasteiger charge is 2.23. The average molecular weight is 439 g/mol. The number of aromatic nitrogens is 2. The van der Waals surface area contributed by atoms with Crippen molar-refractivity contribution in [2.24, 2.45) is 7.05 Å². The lowest BCUT2D eigenvalue weighted by atomic mass is 10.1. The van der Waals surface area contributed by atoms with E-state index < -0.39 is 29.6 Å². The second kappa shape index (κ2) is 9.48. The minimum atomic E-state index is -0.836. The number of rotatable bonds is 7. The lowest BCUT2D eigenvalue weighted by Gasteiger charge is -2.15. The number of thioether (sulfide) groups is 1. The largest absolute Gasteiger partial charge is 0.454 e. The Bertz CT molecular complexity index is 1250. The Morgan fingerprint density at radius 3 is 2.35 bits per heavy atom. The summed E-state index contributed by atoms with van der Waals surface area (Å²) in [5, 5.41) is 0. The molecule has 3 aromatic rings. The van der Waals surface area contributed by atoms with E-state index in [1.165, 1.54) is 18.8 Å².